The molecule has 2 rings (SSSR count). The number of hydrazine groups is 1. The Bertz CT molecular complexity index is 663. The highest BCUT2D eigenvalue weighted by atomic mass is 16.5. The largest absolute Gasteiger partial charge is 0.493 e. The molecule has 9 heteroatoms. The molecule has 1 heterocycles. The third kappa shape index (κ3) is 3.26. The number of nitrogens with two attached hydrogens (primary N) is 1. The van der Waals surface area contributed by atoms with Crippen LogP contribution in [0.2, 0.25) is 0 Å². The fourth-order valence-electron chi connectivity index (χ4n) is 1.46. The minimum absolute atomic E-state index is 0.0298. The zero-order chi connectivity index (χ0) is 15.2. The minimum atomic E-state index is -0.0298. The number of aromatic nitrogens is 3. The first-order chi connectivity index (χ1) is 10.2. The smallest absolute Gasteiger partial charge is 0.330 e. The highest BCUT2D eigenvalue weighted by Gasteiger charge is 2.12. The Morgan fingerprint density at radius 1 is 1.10 bits per heavy atom. The molecule has 0 aliphatic rings. The monoisotopic (exact) mass is 288 g/mol. The number of hydrogen-bond acceptors (Lipinski definition) is 9. The fraction of sp³-hybridized carbons (Fsp3) is 0.167. The van der Waals surface area contributed by atoms with Gasteiger partial charge in [0.1, 0.15) is 0 Å². The zero-order valence-corrected chi connectivity index (χ0v) is 11.3. The van der Waals surface area contributed by atoms with Gasteiger partial charge in [-0.3, -0.25) is 5.43 Å². The Kier molecular flexibility index (Phi) is 4.33. The van der Waals surface area contributed by atoms with Gasteiger partial charge in [-0.25, -0.2) is 5.84 Å². The zero-order valence-electron chi connectivity index (χ0n) is 11.3. The summed E-state index contributed by atoms with van der Waals surface area (Å²) in [7, 11) is 2.87. The predicted octanol–water partition coefficient (Wildman–Crippen LogP) is 0.838. The maximum Gasteiger partial charge on any atom is 0.330 e. The van der Waals surface area contributed by atoms with E-state index in [2.05, 4.69) is 20.4 Å². The summed E-state index contributed by atoms with van der Waals surface area (Å²) in [6.07, 6.45) is 0. The lowest BCUT2D eigenvalue weighted by molar-refractivity contribution is 0.346. The summed E-state index contributed by atoms with van der Waals surface area (Å²) in [6, 6.07) is 6.71. The summed E-state index contributed by atoms with van der Waals surface area (Å²) in [5.74, 6) is 6.05. The average Bonchev–Trinajstić information content (AvgIpc) is 2.54. The normalized spacial score (nSPS) is 9.62. The van der Waals surface area contributed by atoms with E-state index in [1.807, 2.05) is 6.07 Å². The molecule has 9 nitrogen and oxygen atoms in total. The van der Waals surface area contributed by atoms with E-state index in [4.69, 9.17) is 25.3 Å². The Balaban J connectivity index is 2.35. The van der Waals surface area contributed by atoms with Gasteiger partial charge in [-0.1, -0.05) is 0 Å². The first kappa shape index (κ1) is 14.3. The maximum atomic E-state index is 8.86. The van der Waals surface area contributed by atoms with Crippen molar-refractivity contribution < 1.29 is 14.2 Å². The van der Waals surface area contributed by atoms with Crippen LogP contribution in [-0.4, -0.2) is 29.2 Å². The molecule has 21 heavy (non-hydrogen) atoms. The van der Waals surface area contributed by atoms with Crippen LogP contribution < -0.4 is 25.5 Å². The van der Waals surface area contributed by atoms with E-state index < -0.39 is 0 Å². The van der Waals surface area contributed by atoms with Crippen LogP contribution in [0.25, 0.3) is 0 Å². The van der Waals surface area contributed by atoms with E-state index in [0.29, 0.717) is 17.1 Å². The van der Waals surface area contributed by atoms with Crippen LogP contribution >= 0.6 is 0 Å². The number of rotatable bonds is 5. The van der Waals surface area contributed by atoms with Crippen LogP contribution in [0.4, 0.5) is 5.95 Å². The van der Waals surface area contributed by atoms with Gasteiger partial charge in [0, 0.05) is 6.07 Å². The topological polar surface area (TPSA) is 128 Å². The molecule has 3 N–H and O–H groups in total. The molecule has 108 valence electrons. The molecule has 0 spiro atoms. The van der Waals surface area contributed by atoms with Gasteiger partial charge < -0.3 is 14.2 Å². The van der Waals surface area contributed by atoms with Crippen LogP contribution in [0.3, 0.4) is 0 Å². The number of nitrogen functional groups attached to an aromatic ring is 1. The number of nitrogens with zero attached hydrogens (tertiary/aromatic N) is 4. The van der Waals surface area contributed by atoms with Crippen molar-refractivity contribution >= 4 is 5.95 Å². The molecule has 1 aromatic carbocycles. The number of hydrogen-bond donors (Lipinski definition) is 2. The molecule has 0 radical (unpaired) electrons. The summed E-state index contributed by atoms with van der Waals surface area (Å²) in [6.45, 7) is 0. The average molecular weight is 288 g/mol. The fourth-order valence-corrected chi connectivity index (χ4v) is 1.46. The molecule has 0 fully saturated rings. The lowest BCUT2D eigenvalue weighted by Crippen LogP contribution is -2.12. The number of methoxy groups -OCH3 is 2. The Hall–Kier alpha value is -3.12. The number of benzene rings is 1. The van der Waals surface area contributed by atoms with Gasteiger partial charge >= 0.3 is 12.0 Å². The lowest BCUT2D eigenvalue weighted by atomic mass is 10.2. The summed E-state index contributed by atoms with van der Waals surface area (Å²) in [5.41, 5.74) is 2.72. The van der Waals surface area contributed by atoms with Crippen LogP contribution in [0.15, 0.2) is 18.2 Å². The third-order valence-corrected chi connectivity index (χ3v) is 2.40. The first-order valence-electron chi connectivity index (χ1n) is 5.72. The van der Waals surface area contributed by atoms with Crippen molar-refractivity contribution in [3.63, 3.8) is 0 Å². The van der Waals surface area contributed by atoms with E-state index in [1.165, 1.54) is 20.3 Å². The van der Waals surface area contributed by atoms with Gasteiger partial charge in [-0.15, -0.1) is 4.98 Å². The molecule has 0 bridgehead atoms. The van der Waals surface area contributed by atoms with E-state index in [0.717, 1.165) is 0 Å². The van der Waals surface area contributed by atoms with Crippen LogP contribution in [0.1, 0.15) is 5.56 Å². The maximum absolute atomic E-state index is 8.86. The van der Waals surface area contributed by atoms with E-state index in [9.17, 15) is 0 Å². The van der Waals surface area contributed by atoms with Gasteiger partial charge in [0.05, 0.1) is 25.9 Å². The molecule has 0 unspecified atom stereocenters. The molecule has 0 atom stereocenters. The molecule has 0 aliphatic heterocycles. The van der Waals surface area contributed by atoms with E-state index in [1.54, 1.807) is 12.1 Å². The lowest BCUT2D eigenvalue weighted by Gasteiger charge is -2.10. The molecule has 0 aliphatic carbocycles. The summed E-state index contributed by atoms with van der Waals surface area (Å²) >= 11 is 0. The van der Waals surface area contributed by atoms with E-state index in [-0.39, 0.29) is 18.0 Å². The van der Waals surface area contributed by atoms with Crippen LogP contribution in [-0.2, 0) is 0 Å². The molecular formula is C12H12N6O3. The standard InChI is InChI=1S/C12H12N6O3/c1-19-9-5-7(6-13)3-4-8(9)21-12-16-10(18-14)15-11(17-12)20-2/h3-5H,14H2,1-2H3,(H,15,16,17,18). The van der Waals surface area contributed by atoms with Crippen molar-refractivity contribution in [1.82, 2.24) is 15.0 Å². The molecule has 0 saturated carbocycles. The summed E-state index contributed by atoms with van der Waals surface area (Å²) in [5, 5.41) is 8.86. The van der Waals surface area contributed by atoms with Crippen LogP contribution in [0.5, 0.6) is 23.5 Å². The van der Waals surface area contributed by atoms with Gasteiger partial charge in [0.25, 0.3) is 0 Å². The number of nitrogens with one attached hydrogen (secondary N) is 1. The number of anilines is 1. The van der Waals surface area contributed by atoms with Crippen LogP contribution in [0, 0.1) is 11.3 Å². The predicted molar refractivity (Wildman–Crippen MR) is 72.0 cm³/mol. The summed E-state index contributed by atoms with van der Waals surface area (Å²) in [4.78, 5) is 11.7. The van der Waals surface area contributed by atoms with Crippen molar-refractivity contribution in [2.45, 2.75) is 0 Å². The second-order valence-corrected chi connectivity index (χ2v) is 3.65. The SMILES string of the molecule is COc1nc(NN)nc(Oc2ccc(C#N)cc2OC)n1. The van der Waals surface area contributed by atoms with Crippen molar-refractivity contribution in [3.8, 4) is 29.6 Å². The van der Waals surface area contributed by atoms with Gasteiger partial charge in [0.2, 0.25) is 5.95 Å². The molecule has 2 aromatic rings. The molecular weight excluding hydrogens is 276 g/mol. The van der Waals surface area contributed by atoms with Gasteiger partial charge in [-0.05, 0) is 12.1 Å². The third-order valence-electron chi connectivity index (χ3n) is 2.40. The Labute approximate surface area is 120 Å². The van der Waals surface area contributed by atoms with Gasteiger partial charge in [0.15, 0.2) is 11.5 Å². The van der Waals surface area contributed by atoms with Crippen molar-refractivity contribution in [3.05, 3.63) is 23.8 Å². The Morgan fingerprint density at radius 2 is 1.86 bits per heavy atom. The van der Waals surface area contributed by atoms with Crippen molar-refractivity contribution in [1.29, 1.82) is 5.26 Å². The quantitative estimate of drug-likeness (QED) is 0.607. The summed E-state index contributed by atoms with van der Waals surface area (Å²) < 4.78 is 15.6. The molecule has 0 saturated heterocycles. The van der Waals surface area contributed by atoms with E-state index >= 15 is 0 Å². The van der Waals surface area contributed by atoms with Crippen molar-refractivity contribution in [2.24, 2.45) is 5.84 Å². The Morgan fingerprint density at radius 3 is 2.48 bits per heavy atom. The molecule has 1 aromatic heterocycles. The number of ether oxygens (including phenoxy) is 3. The van der Waals surface area contributed by atoms with Gasteiger partial charge in [-0.2, -0.15) is 15.2 Å². The molecule has 0 amide bonds. The van der Waals surface area contributed by atoms with Crippen molar-refractivity contribution in [2.75, 3.05) is 19.6 Å². The highest BCUT2D eigenvalue weighted by molar-refractivity contribution is 5.47. The first-order valence-corrected chi connectivity index (χ1v) is 5.72. The second kappa shape index (κ2) is 6.36. The second-order valence-electron chi connectivity index (χ2n) is 3.65. The minimum Gasteiger partial charge on any atom is -0.493 e. The number of nitriles is 1. The highest BCUT2D eigenvalue weighted by Crippen LogP contribution is 2.31.